The summed E-state index contributed by atoms with van der Waals surface area (Å²) in [6.07, 6.45) is -5.75. The SMILES string of the molecule is COc1cccc(CNc2ncnc3c2ncn3[C@@H]2O[C@H](CNCc3ccc(C(F)(F)F)cc3)[C@@H](O)[C@H]2O)c1. The maximum atomic E-state index is 12.8. The molecule has 1 saturated heterocycles. The Kier molecular flexibility index (Phi) is 7.66. The van der Waals surface area contributed by atoms with Gasteiger partial charge in [-0.2, -0.15) is 13.2 Å². The van der Waals surface area contributed by atoms with Crippen LogP contribution in [-0.4, -0.2) is 61.7 Å². The van der Waals surface area contributed by atoms with Gasteiger partial charge in [0.2, 0.25) is 0 Å². The molecule has 10 nitrogen and oxygen atoms in total. The van der Waals surface area contributed by atoms with Crippen molar-refractivity contribution >= 4 is 17.0 Å². The number of nitrogens with one attached hydrogen (secondary N) is 2. The molecule has 4 aromatic rings. The summed E-state index contributed by atoms with van der Waals surface area (Å²) >= 11 is 0. The van der Waals surface area contributed by atoms with Crippen molar-refractivity contribution in [2.24, 2.45) is 0 Å². The van der Waals surface area contributed by atoms with Gasteiger partial charge in [-0.05, 0) is 35.4 Å². The number of benzene rings is 2. The number of rotatable bonds is 9. The molecule has 0 bridgehead atoms. The molecule has 2 aromatic heterocycles. The lowest BCUT2D eigenvalue weighted by Crippen LogP contribution is -2.37. The van der Waals surface area contributed by atoms with Crippen LogP contribution in [0.15, 0.2) is 61.2 Å². The van der Waals surface area contributed by atoms with Crippen molar-refractivity contribution in [3.8, 4) is 5.75 Å². The van der Waals surface area contributed by atoms with Crippen molar-refractivity contribution in [3.05, 3.63) is 77.9 Å². The van der Waals surface area contributed by atoms with Gasteiger partial charge in [-0.3, -0.25) is 4.57 Å². The average Bonchev–Trinajstić information content (AvgIpc) is 3.48. The molecule has 0 spiro atoms. The van der Waals surface area contributed by atoms with Gasteiger partial charge in [0.25, 0.3) is 0 Å². The molecule has 4 atom stereocenters. The average molecular weight is 545 g/mol. The smallest absolute Gasteiger partial charge is 0.416 e. The van der Waals surface area contributed by atoms with Crippen molar-refractivity contribution < 1.29 is 32.9 Å². The summed E-state index contributed by atoms with van der Waals surface area (Å²) in [4.78, 5) is 13.0. The number of anilines is 1. The van der Waals surface area contributed by atoms with Gasteiger partial charge in [-0.1, -0.05) is 24.3 Å². The number of ether oxygens (including phenoxy) is 2. The standard InChI is InChI=1S/C26H27F3N6O4/c1-38-18-4-2-3-16(9-18)11-31-23-20-24(33-13-32-23)35(14-34-20)25-22(37)21(36)19(39-25)12-30-10-15-5-7-17(8-6-15)26(27,28)29/h2-9,13-14,19,21-22,25,30,36-37H,10-12H2,1H3,(H,31,32,33)/t19-,21-,22-,25-/m1/s1. The maximum absolute atomic E-state index is 12.8. The van der Waals surface area contributed by atoms with Crippen molar-refractivity contribution in [3.63, 3.8) is 0 Å². The third-order valence-electron chi connectivity index (χ3n) is 6.52. The van der Waals surface area contributed by atoms with Gasteiger partial charge < -0.3 is 30.3 Å². The molecular weight excluding hydrogens is 517 g/mol. The number of nitrogens with zero attached hydrogens (tertiary/aromatic N) is 4. The van der Waals surface area contributed by atoms with Crippen LogP contribution >= 0.6 is 0 Å². The number of aliphatic hydroxyl groups excluding tert-OH is 2. The first-order valence-corrected chi connectivity index (χ1v) is 12.2. The van der Waals surface area contributed by atoms with Gasteiger partial charge in [-0.15, -0.1) is 0 Å². The van der Waals surface area contributed by atoms with Gasteiger partial charge in [0.05, 0.1) is 19.0 Å². The van der Waals surface area contributed by atoms with E-state index in [1.54, 1.807) is 7.11 Å². The Hall–Kier alpha value is -3.78. The summed E-state index contributed by atoms with van der Waals surface area (Å²) in [6, 6.07) is 12.4. The Bertz CT molecular complexity index is 1420. The van der Waals surface area contributed by atoms with Crippen LogP contribution in [0.4, 0.5) is 19.0 Å². The maximum Gasteiger partial charge on any atom is 0.416 e. The Balaban J connectivity index is 1.23. The van der Waals surface area contributed by atoms with Crippen LogP contribution in [0.3, 0.4) is 0 Å². The molecule has 1 aliphatic heterocycles. The second-order valence-corrected chi connectivity index (χ2v) is 9.12. The topological polar surface area (TPSA) is 127 Å². The van der Waals surface area contributed by atoms with E-state index in [9.17, 15) is 23.4 Å². The zero-order valence-corrected chi connectivity index (χ0v) is 20.8. The monoisotopic (exact) mass is 544 g/mol. The van der Waals surface area contributed by atoms with E-state index >= 15 is 0 Å². The number of aliphatic hydroxyl groups is 2. The minimum Gasteiger partial charge on any atom is -0.497 e. The number of methoxy groups -OCH3 is 1. The largest absolute Gasteiger partial charge is 0.497 e. The highest BCUT2D eigenvalue weighted by molar-refractivity contribution is 5.82. The predicted molar refractivity (Wildman–Crippen MR) is 135 cm³/mol. The van der Waals surface area contributed by atoms with E-state index in [0.717, 1.165) is 23.4 Å². The molecule has 4 N–H and O–H groups in total. The van der Waals surface area contributed by atoms with E-state index < -0.39 is 36.3 Å². The van der Waals surface area contributed by atoms with Gasteiger partial charge in [-0.25, -0.2) is 15.0 Å². The van der Waals surface area contributed by atoms with E-state index in [1.165, 1.54) is 29.4 Å². The van der Waals surface area contributed by atoms with Crippen LogP contribution in [0.5, 0.6) is 5.75 Å². The Morgan fingerprint density at radius 3 is 2.54 bits per heavy atom. The number of fused-ring (bicyclic) bond motifs is 1. The van der Waals surface area contributed by atoms with E-state index in [4.69, 9.17) is 9.47 Å². The normalized spacial score (nSPS) is 21.4. The highest BCUT2D eigenvalue weighted by atomic mass is 19.4. The molecule has 39 heavy (non-hydrogen) atoms. The van der Waals surface area contributed by atoms with Crippen molar-refractivity contribution in [1.82, 2.24) is 24.8 Å². The van der Waals surface area contributed by atoms with Crippen LogP contribution in [0, 0.1) is 0 Å². The van der Waals surface area contributed by atoms with Crippen LogP contribution in [0.25, 0.3) is 11.2 Å². The second kappa shape index (κ2) is 11.1. The summed E-state index contributed by atoms with van der Waals surface area (Å²) in [5.74, 6) is 1.23. The molecule has 0 aliphatic carbocycles. The number of hydrogen-bond donors (Lipinski definition) is 4. The van der Waals surface area contributed by atoms with Gasteiger partial charge in [0, 0.05) is 19.6 Å². The molecule has 206 valence electrons. The Labute approximate surface area is 221 Å². The summed E-state index contributed by atoms with van der Waals surface area (Å²) in [5.41, 5.74) is 1.77. The lowest BCUT2D eigenvalue weighted by molar-refractivity contribution is -0.137. The number of alkyl halides is 3. The minimum atomic E-state index is -4.39. The fourth-order valence-electron chi connectivity index (χ4n) is 4.43. The Morgan fingerprint density at radius 2 is 1.79 bits per heavy atom. The summed E-state index contributed by atoms with van der Waals surface area (Å²) < 4.78 is 51.0. The molecule has 3 heterocycles. The Morgan fingerprint density at radius 1 is 1.00 bits per heavy atom. The summed E-state index contributed by atoms with van der Waals surface area (Å²) in [5, 5.41) is 27.6. The van der Waals surface area contributed by atoms with E-state index in [1.807, 2.05) is 24.3 Å². The van der Waals surface area contributed by atoms with Gasteiger partial charge >= 0.3 is 6.18 Å². The third-order valence-corrected chi connectivity index (χ3v) is 6.52. The first-order valence-electron chi connectivity index (χ1n) is 12.2. The molecule has 2 aromatic carbocycles. The molecule has 1 fully saturated rings. The van der Waals surface area contributed by atoms with Crippen LogP contribution in [0.2, 0.25) is 0 Å². The molecule has 1 aliphatic rings. The lowest BCUT2D eigenvalue weighted by Gasteiger charge is -2.17. The van der Waals surface area contributed by atoms with Gasteiger partial charge in [0.1, 0.15) is 30.4 Å². The number of imidazole rings is 1. The fraction of sp³-hybridized carbons (Fsp3) is 0.346. The van der Waals surface area contributed by atoms with Crippen molar-refractivity contribution in [2.75, 3.05) is 19.0 Å². The van der Waals surface area contributed by atoms with Crippen LogP contribution in [0.1, 0.15) is 22.9 Å². The third kappa shape index (κ3) is 5.81. The van der Waals surface area contributed by atoms with E-state index in [0.29, 0.717) is 29.1 Å². The van der Waals surface area contributed by atoms with Crippen molar-refractivity contribution in [2.45, 2.75) is 43.8 Å². The second-order valence-electron chi connectivity index (χ2n) is 9.12. The first kappa shape index (κ1) is 26.8. The number of hydrogen-bond acceptors (Lipinski definition) is 9. The summed E-state index contributed by atoms with van der Waals surface area (Å²) in [7, 11) is 1.60. The highest BCUT2D eigenvalue weighted by Crippen LogP contribution is 2.32. The molecule has 0 unspecified atom stereocenters. The van der Waals surface area contributed by atoms with E-state index in [2.05, 4.69) is 25.6 Å². The molecule has 0 amide bonds. The first-order chi connectivity index (χ1) is 18.7. The minimum absolute atomic E-state index is 0.157. The lowest BCUT2D eigenvalue weighted by atomic mass is 10.1. The molecule has 13 heteroatoms. The molecule has 0 saturated carbocycles. The summed E-state index contributed by atoms with van der Waals surface area (Å²) in [6.45, 7) is 0.879. The number of halogens is 3. The molecule has 0 radical (unpaired) electrons. The molecular formula is C26H27F3N6O4. The fourth-order valence-corrected chi connectivity index (χ4v) is 4.43. The predicted octanol–water partition coefficient (Wildman–Crippen LogP) is 2.87. The van der Waals surface area contributed by atoms with Crippen LogP contribution in [-0.2, 0) is 24.0 Å². The molecule has 5 rings (SSSR count). The van der Waals surface area contributed by atoms with Crippen molar-refractivity contribution in [1.29, 1.82) is 0 Å². The van der Waals surface area contributed by atoms with E-state index in [-0.39, 0.29) is 13.1 Å². The quantitative estimate of drug-likeness (QED) is 0.252. The number of aromatic nitrogens is 4. The zero-order valence-electron chi connectivity index (χ0n) is 20.8. The zero-order chi connectivity index (χ0) is 27.6. The highest BCUT2D eigenvalue weighted by Gasteiger charge is 2.44. The van der Waals surface area contributed by atoms with Gasteiger partial charge in [0.15, 0.2) is 23.2 Å². The van der Waals surface area contributed by atoms with Crippen LogP contribution < -0.4 is 15.4 Å².